The Balaban J connectivity index is 1.62. The number of carbonyl (C=O) groups excluding carboxylic acids is 1. The van der Waals surface area contributed by atoms with Crippen molar-refractivity contribution in [1.82, 2.24) is 24.6 Å². The van der Waals surface area contributed by atoms with Crippen molar-refractivity contribution < 1.29 is 14.0 Å². The van der Waals surface area contributed by atoms with Gasteiger partial charge in [-0.25, -0.2) is 13.6 Å². The molecule has 0 aliphatic carbocycles. The van der Waals surface area contributed by atoms with Crippen molar-refractivity contribution >= 4 is 23.1 Å². The van der Waals surface area contributed by atoms with Crippen LogP contribution in [-0.2, 0) is 6.42 Å². The van der Waals surface area contributed by atoms with E-state index in [4.69, 9.17) is 4.84 Å². The first kappa shape index (κ1) is 20.0. The SMILES string of the molecule is CCC(C)(F)CNC(=O)c1cc2c([nH]1)N(c1ccn3c(=O)n(OC)nc3c1)CCC2. The van der Waals surface area contributed by atoms with E-state index in [0.29, 0.717) is 17.8 Å². The number of carbonyl (C=O) groups is 1. The number of aromatic nitrogens is 4. The summed E-state index contributed by atoms with van der Waals surface area (Å²) in [5.74, 6) is 0.491. The van der Waals surface area contributed by atoms with Crippen LogP contribution in [0.1, 0.15) is 42.7 Å². The summed E-state index contributed by atoms with van der Waals surface area (Å²) in [5, 5.41) is 6.80. The molecular formula is C20H25FN6O3. The molecule has 1 aliphatic rings. The molecule has 3 aromatic rings. The van der Waals surface area contributed by atoms with Crippen molar-refractivity contribution in [2.75, 3.05) is 25.1 Å². The topological polar surface area (TPSA) is 96.7 Å². The van der Waals surface area contributed by atoms with E-state index < -0.39 is 5.67 Å². The van der Waals surface area contributed by atoms with Gasteiger partial charge in [-0.3, -0.25) is 4.79 Å². The molecule has 0 fully saturated rings. The number of fused-ring (bicyclic) bond motifs is 2. The predicted molar refractivity (Wildman–Crippen MR) is 110 cm³/mol. The lowest BCUT2D eigenvalue weighted by molar-refractivity contribution is 0.0904. The standard InChI is InChI=1S/C20H25FN6O3/c1-4-20(2,21)12-22-18(28)15-10-13-6-5-8-25(17(13)23-15)14-7-9-26-16(11-14)24-27(30-3)19(26)29/h7,9-11,23H,4-6,8,12H2,1-3H3,(H,22,28). The number of pyridine rings is 1. The van der Waals surface area contributed by atoms with Crippen LogP contribution in [0.25, 0.3) is 5.65 Å². The van der Waals surface area contributed by atoms with Gasteiger partial charge in [0.15, 0.2) is 5.65 Å². The number of anilines is 2. The Labute approximate surface area is 172 Å². The first-order chi connectivity index (χ1) is 14.3. The molecule has 0 bridgehead atoms. The van der Waals surface area contributed by atoms with E-state index in [1.807, 2.05) is 12.1 Å². The number of aryl methyl sites for hydroxylation is 1. The summed E-state index contributed by atoms with van der Waals surface area (Å²) in [4.78, 5) is 35.7. The minimum absolute atomic E-state index is 0.0384. The van der Waals surface area contributed by atoms with Crippen molar-refractivity contribution in [3.05, 3.63) is 46.1 Å². The molecule has 1 unspecified atom stereocenters. The molecule has 10 heteroatoms. The highest BCUT2D eigenvalue weighted by Gasteiger charge is 2.26. The van der Waals surface area contributed by atoms with Crippen LogP contribution in [0.5, 0.6) is 0 Å². The second-order valence-electron chi connectivity index (χ2n) is 7.71. The Kier molecular flexibility index (Phi) is 5.00. The Morgan fingerprint density at radius 2 is 2.23 bits per heavy atom. The lowest BCUT2D eigenvalue weighted by atomic mass is 10.1. The minimum atomic E-state index is -1.44. The number of nitrogens with zero attached hydrogens (tertiary/aromatic N) is 4. The molecule has 0 aromatic carbocycles. The van der Waals surface area contributed by atoms with Crippen LogP contribution in [-0.4, -0.2) is 51.1 Å². The monoisotopic (exact) mass is 416 g/mol. The molecule has 30 heavy (non-hydrogen) atoms. The van der Waals surface area contributed by atoms with E-state index in [9.17, 15) is 14.0 Å². The second-order valence-corrected chi connectivity index (χ2v) is 7.71. The van der Waals surface area contributed by atoms with Gasteiger partial charge in [0.1, 0.15) is 24.3 Å². The average Bonchev–Trinajstić information content (AvgIpc) is 3.32. The van der Waals surface area contributed by atoms with E-state index in [1.54, 1.807) is 19.2 Å². The van der Waals surface area contributed by atoms with Gasteiger partial charge in [-0.2, -0.15) is 0 Å². The maximum atomic E-state index is 14.1. The summed E-state index contributed by atoms with van der Waals surface area (Å²) in [6.07, 6.45) is 3.72. The summed E-state index contributed by atoms with van der Waals surface area (Å²) in [6, 6.07) is 5.44. The number of alkyl halides is 1. The molecule has 1 aliphatic heterocycles. The fourth-order valence-electron chi connectivity index (χ4n) is 3.55. The third kappa shape index (κ3) is 3.53. The summed E-state index contributed by atoms with van der Waals surface area (Å²) < 4.78 is 15.5. The lowest BCUT2D eigenvalue weighted by Gasteiger charge is -2.28. The fourth-order valence-corrected chi connectivity index (χ4v) is 3.55. The maximum absolute atomic E-state index is 14.1. The number of aromatic amines is 1. The molecule has 0 saturated heterocycles. The van der Waals surface area contributed by atoms with E-state index in [-0.39, 0.29) is 18.1 Å². The Bertz CT molecular complexity index is 1150. The van der Waals surface area contributed by atoms with Gasteiger partial charge in [0.25, 0.3) is 5.91 Å². The zero-order valence-electron chi connectivity index (χ0n) is 17.2. The smallest absolute Gasteiger partial charge is 0.384 e. The van der Waals surface area contributed by atoms with Crippen molar-refractivity contribution in [2.24, 2.45) is 0 Å². The van der Waals surface area contributed by atoms with Gasteiger partial charge in [0.2, 0.25) is 0 Å². The number of hydrogen-bond acceptors (Lipinski definition) is 5. The zero-order chi connectivity index (χ0) is 21.5. The van der Waals surface area contributed by atoms with Gasteiger partial charge >= 0.3 is 5.69 Å². The summed E-state index contributed by atoms with van der Waals surface area (Å²) in [6.45, 7) is 3.93. The van der Waals surface area contributed by atoms with Crippen LogP contribution < -0.4 is 20.7 Å². The van der Waals surface area contributed by atoms with E-state index in [0.717, 1.165) is 41.3 Å². The van der Waals surface area contributed by atoms with Crippen molar-refractivity contribution in [2.45, 2.75) is 38.8 Å². The normalized spacial score (nSPS) is 15.7. The van der Waals surface area contributed by atoms with E-state index in [1.165, 1.54) is 18.4 Å². The Morgan fingerprint density at radius 3 is 2.97 bits per heavy atom. The van der Waals surface area contributed by atoms with Crippen LogP contribution in [0.2, 0.25) is 0 Å². The summed E-state index contributed by atoms with van der Waals surface area (Å²) >= 11 is 0. The van der Waals surface area contributed by atoms with Gasteiger partial charge in [0, 0.05) is 24.5 Å². The van der Waals surface area contributed by atoms with Crippen LogP contribution in [0.4, 0.5) is 15.9 Å². The highest BCUT2D eigenvalue weighted by Crippen LogP contribution is 2.33. The first-order valence-electron chi connectivity index (χ1n) is 9.95. The third-order valence-corrected chi connectivity index (χ3v) is 5.54. The highest BCUT2D eigenvalue weighted by atomic mass is 19.1. The average molecular weight is 416 g/mol. The number of hydrogen-bond donors (Lipinski definition) is 2. The lowest BCUT2D eigenvalue weighted by Crippen LogP contribution is -2.37. The number of rotatable bonds is 6. The molecule has 0 radical (unpaired) electrons. The molecule has 1 atom stereocenters. The zero-order valence-corrected chi connectivity index (χ0v) is 17.2. The van der Waals surface area contributed by atoms with Crippen LogP contribution in [0.3, 0.4) is 0 Å². The molecule has 4 heterocycles. The molecule has 9 nitrogen and oxygen atoms in total. The Hall–Kier alpha value is -3.30. The highest BCUT2D eigenvalue weighted by molar-refractivity contribution is 5.94. The van der Waals surface area contributed by atoms with Gasteiger partial charge in [0.05, 0.1) is 6.54 Å². The molecule has 160 valence electrons. The molecular weight excluding hydrogens is 391 g/mol. The first-order valence-corrected chi connectivity index (χ1v) is 9.95. The predicted octanol–water partition coefficient (Wildman–Crippen LogP) is 1.83. The van der Waals surface area contributed by atoms with Gasteiger partial charge in [-0.1, -0.05) is 6.92 Å². The van der Waals surface area contributed by atoms with Crippen LogP contribution in [0, 0.1) is 0 Å². The number of nitrogens with one attached hydrogen (secondary N) is 2. The quantitative estimate of drug-likeness (QED) is 0.639. The van der Waals surface area contributed by atoms with E-state index >= 15 is 0 Å². The fraction of sp³-hybridized carbons (Fsp3) is 0.450. The summed E-state index contributed by atoms with van der Waals surface area (Å²) in [7, 11) is 1.38. The molecule has 2 N–H and O–H groups in total. The number of halogens is 1. The third-order valence-electron chi connectivity index (χ3n) is 5.54. The van der Waals surface area contributed by atoms with Gasteiger partial charge < -0.3 is 20.0 Å². The van der Waals surface area contributed by atoms with Crippen molar-refractivity contribution in [3.63, 3.8) is 0 Å². The van der Waals surface area contributed by atoms with Crippen LogP contribution in [0.15, 0.2) is 29.2 Å². The summed E-state index contributed by atoms with van der Waals surface area (Å²) in [5.41, 5.74) is 0.895. The maximum Gasteiger partial charge on any atom is 0.384 e. The largest absolute Gasteiger partial charge is 0.396 e. The molecule has 0 saturated carbocycles. The van der Waals surface area contributed by atoms with Crippen LogP contribution >= 0.6 is 0 Å². The van der Waals surface area contributed by atoms with Gasteiger partial charge in [-0.05, 0) is 48.7 Å². The Morgan fingerprint density at radius 1 is 1.43 bits per heavy atom. The van der Waals surface area contributed by atoms with Gasteiger partial charge in [-0.15, -0.1) is 5.10 Å². The molecule has 4 rings (SSSR count). The van der Waals surface area contributed by atoms with E-state index in [2.05, 4.69) is 20.3 Å². The van der Waals surface area contributed by atoms with Crippen molar-refractivity contribution in [1.29, 1.82) is 0 Å². The molecule has 1 amide bonds. The van der Waals surface area contributed by atoms with Crippen molar-refractivity contribution in [3.8, 4) is 0 Å². The minimum Gasteiger partial charge on any atom is -0.396 e. The number of amides is 1. The number of H-pyrrole nitrogens is 1. The second kappa shape index (κ2) is 7.51. The molecule has 3 aromatic heterocycles. The molecule has 0 spiro atoms.